The smallest absolute Gasteiger partial charge is 0.328 e. The lowest BCUT2D eigenvalue weighted by Crippen LogP contribution is -2.43. The lowest BCUT2D eigenvalue weighted by atomic mass is 10.1. The van der Waals surface area contributed by atoms with Crippen LogP contribution in [0.25, 0.3) is 0 Å². The lowest BCUT2D eigenvalue weighted by molar-refractivity contribution is -0.142. The van der Waals surface area contributed by atoms with Gasteiger partial charge in [0.2, 0.25) is 0 Å². The van der Waals surface area contributed by atoms with Crippen LogP contribution >= 0.6 is 34.2 Å². The standard InChI is InChI=1S/C17H15ClINO3/c1-23-17(22)15(10-11-6-2-5-9-14(11)19)20-16(21)12-7-3-4-8-13(12)18/h2-9,15H,10H2,1H3,(H,20,21)/t15-/m1/s1. The number of benzene rings is 2. The van der Waals surface area contributed by atoms with Gasteiger partial charge in [-0.1, -0.05) is 41.9 Å². The number of hydrogen-bond acceptors (Lipinski definition) is 3. The lowest BCUT2D eigenvalue weighted by Gasteiger charge is -2.17. The van der Waals surface area contributed by atoms with Crippen molar-refractivity contribution in [3.05, 3.63) is 68.3 Å². The Labute approximate surface area is 153 Å². The summed E-state index contributed by atoms with van der Waals surface area (Å²) in [5.41, 5.74) is 1.29. The second-order valence-corrected chi connectivity index (χ2v) is 6.39. The van der Waals surface area contributed by atoms with Crippen molar-refractivity contribution in [2.45, 2.75) is 12.5 Å². The molecule has 6 heteroatoms. The molecule has 4 nitrogen and oxygen atoms in total. The van der Waals surface area contributed by atoms with Crippen molar-refractivity contribution in [3.8, 4) is 0 Å². The number of rotatable bonds is 5. The van der Waals surface area contributed by atoms with Crippen molar-refractivity contribution in [2.75, 3.05) is 7.11 Å². The minimum atomic E-state index is -0.778. The highest BCUT2D eigenvalue weighted by Crippen LogP contribution is 2.17. The van der Waals surface area contributed by atoms with Crippen LogP contribution in [0.3, 0.4) is 0 Å². The summed E-state index contributed by atoms with van der Waals surface area (Å²) in [6.07, 6.45) is 0.349. The molecule has 0 aromatic heterocycles. The molecule has 0 spiro atoms. The number of carbonyl (C=O) groups excluding carboxylic acids is 2. The predicted octanol–water partition coefficient (Wildman–Crippen LogP) is 3.46. The minimum Gasteiger partial charge on any atom is -0.467 e. The van der Waals surface area contributed by atoms with Gasteiger partial charge < -0.3 is 10.1 Å². The average molecular weight is 444 g/mol. The van der Waals surface area contributed by atoms with E-state index >= 15 is 0 Å². The Morgan fingerprint density at radius 2 is 1.83 bits per heavy atom. The fourth-order valence-electron chi connectivity index (χ4n) is 2.10. The highest BCUT2D eigenvalue weighted by atomic mass is 127. The number of methoxy groups -OCH3 is 1. The predicted molar refractivity (Wildman–Crippen MR) is 97.6 cm³/mol. The van der Waals surface area contributed by atoms with Crippen LogP contribution in [-0.4, -0.2) is 25.0 Å². The van der Waals surface area contributed by atoms with E-state index in [9.17, 15) is 9.59 Å². The first-order valence-electron chi connectivity index (χ1n) is 6.89. The van der Waals surface area contributed by atoms with Crippen LogP contribution in [0.1, 0.15) is 15.9 Å². The molecular formula is C17H15ClINO3. The molecule has 0 aliphatic heterocycles. The van der Waals surface area contributed by atoms with E-state index in [1.165, 1.54) is 7.11 Å². The zero-order valence-corrected chi connectivity index (χ0v) is 15.3. The van der Waals surface area contributed by atoms with E-state index in [4.69, 9.17) is 16.3 Å². The van der Waals surface area contributed by atoms with Gasteiger partial charge in [-0.15, -0.1) is 0 Å². The van der Waals surface area contributed by atoms with Gasteiger partial charge >= 0.3 is 5.97 Å². The first-order chi connectivity index (χ1) is 11.0. The third-order valence-corrected chi connectivity index (χ3v) is 4.67. The number of hydrogen-bond donors (Lipinski definition) is 1. The highest BCUT2D eigenvalue weighted by molar-refractivity contribution is 14.1. The summed E-state index contributed by atoms with van der Waals surface area (Å²) in [5.74, 6) is -0.901. The summed E-state index contributed by atoms with van der Waals surface area (Å²) in [4.78, 5) is 24.4. The van der Waals surface area contributed by atoms with Crippen LogP contribution in [0, 0.1) is 3.57 Å². The Kier molecular flexibility index (Phi) is 6.41. The Hall–Kier alpha value is -1.60. The quantitative estimate of drug-likeness (QED) is 0.569. The van der Waals surface area contributed by atoms with Gasteiger partial charge in [0.05, 0.1) is 17.7 Å². The van der Waals surface area contributed by atoms with Crippen LogP contribution in [0.2, 0.25) is 5.02 Å². The molecule has 0 aliphatic rings. The summed E-state index contributed by atoms with van der Waals surface area (Å²) in [6, 6.07) is 13.6. The number of halogens is 2. The zero-order valence-electron chi connectivity index (χ0n) is 12.4. The molecule has 0 fully saturated rings. The van der Waals surface area contributed by atoms with Gasteiger partial charge in [0.25, 0.3) is 5.91 Å². The van der Waals surface area contributed by atoms with Crippen molar-refractivity contribution in [3.63, 3.8) is 0 Å². The number of ether oxygens (including phenoxy) is 1. The normalized spacial score (nSPS) is 11.6. The van der Waals surface area contributed by atoms with E-state index in [0.717, 1.165) is 9.13 Å². The molecule has 0 saturated heterocycles. The summed E-state index contributed by atoms with van der Waals surface area (Å²) in [5, 5.41) is 3.04. The molecule has 0 radical (unpaired) electrons. The first-order valence-corrected chi connectivity index (χ1v) is 8.35. The highest BCUT2D eigenvalue weighted by Gasteiger charge is 2.24. The molecule has 120 valence electrons. The molecule has 1 atom stereocenters. The second-order valence-electron chi connectivity index (χ2n) is 4.82. The molecule has 2 aromatic rings. The van der Waals surface area contributed by atoms with Crippen LogP contribution in [0.4, 0.5) is 0 Å². The summed E-state index contributed by atoms with van der Waals surface area (Å²) in [6.45, 7) is 0. The number of amides is 1. The van der Waals surface area contributed by atoms with E-state index in [2.05, 4.69) is 27.9 Å². The fourth-order valence-corrected chi connectivity index (χ4v) is 2.93. The first kappa shape index (κ1) is 17.7. The molecular weight excluding hydrogens is 429 g/mol. The molecule has 2 rings (SSSR count). The third kappa shape index (κ3) is 4.68. The maximum atomic E-state index is 12.4. The number of esters is 1. The molecule has 0 saturated carbocycles. The minimum absolute atomic E-state index is 0.325. The second kappa shape index (κ2) is 8.31. The summed E-state index contributed by atoms with van der Waals surface area (Å²) in [7, 11) is 1.30. The topological polar surface area (TPSA) is 55.4 Å². The van der Waals surface area contributed by atoms with Crippen molar-refractivity contribution in [1.82, 2.24) is 5.32 Å². The van der Waals surface area contributed by atoms with Crippen molar-refractivity contribution >= 4 is 46.1 Å². The van der Waals surface area contributed by atoms with Crippen LogP contribution < -0.4 is 5.32 Å². The van der Waals surface area contributed by atoms with Gasteiger partial charge in [-0.3, -0.25) is 4.79 Å². The molecule has 2 aromatic carbocycles. The SMILES string of the molecule is COC(=O)[C@@H](Cc1ccccc1I)NC(=O)c1ccccc1Cl. The Morgan fingerprint density at radius 1 is 1.17 bits per heavy atom. The molecule has 0 unspecified atom stereocenters. The zero-order chi connectivity index (χ0) is 16.8. The Morgan fingerprint density at radius 3 is 2.48 bits per heavy atom. The monoisotopic (exact) mass is 443 g/mol. The van der Waals surface area contributed by atoms with E-state index in [1.54, 1.807) is 24.3 Å². The fraction of sp³-hybridized carbons (Fsp3) is 0.176. The molecule has 0 aliphatic carbocycles. The molecule has 0 bridgehead atoms. The average Bonchev–Trinajstić information content (AvgIpc) is 2.55. The van der Waals surface area contributed by atoms with E-state index in [1.807, 2.05) is 24.3 Å². The van der Waals surface area contributed by atoms with Crippen molar-refractivity contribution in [1.29, 1.82) is 0 Å². The summed E-state index contributed by atoms with van der Waals surface area (Å²) < 4.78 is 5.82. The van der Waals surface area contributed by atoms with Gasteiger partial charge in [-0.05, 0) is 46.4 Å². The van der Waals surface area contributed by atoms with Crippen LogP contribution in [-0.2, 0) is 16.0 Å². The molecule has 1 N–H and O–H groups in total. The number of nitrogens with one attached hydrogen (secondary N) is 1. The summed E-state index contributed by atoms with van der Waals surface area (Å²) >= 11 is 8.22. The van der Waals surface area contributed by atoms with Gasteiger partial charge in [0.15, 0.2) is 0 Å². The van der Waals surface area contributed by atoms with E-state index in [-0.39, 0.29) is 0 Å². The Balaban J connectivity index is 2.20. The number of carbonyl (C=O) groups is 2. The third-order valence-electron chi connectivity index (χ3n) is 3.29. The molecule has 1 amide bonds. The maximum absolute atomic E-state index is 12.4. The van der Waals surface area contributed by atoms with Gasteiger partial charge in [0.1, 0.15) is 6.04 Å². The Bertz CT molecular complexity index is 720. The van der Waals surface area contributed by atoms with E-state index < -0.39 is 17.9 Å². The van der Waals surface area contributed by atoms with Crippen LogP contribution in [0.5, 0.6) is 0 Å². The molecule has 0 heterocycles. The van der Waals surface area contributed by atoms with Crippen LogP contribution in [0.15, 0.2) is 48.5 Å². The largest absolute Gasteiger partial charge is 0.467 e. The molecule has 23 heavy (non-hydrogen) atoms. The van der Waals surface area contributed by atoms with Crippen molar-refractivity contribution in [2.24, 2.45) is 0 Å². The van der Waals surface area contributed by atoms with E-state index in [0.29, 0.717) is 17.0 Å². The van der Waals surface area contributed by atoms with Crippen molar-refractivity contribution < 1.29 is 14.3 Å². The van der Waals surface area contributed by atoms with Gasteiger partial charge in [0, 0.05) is 9.99 Å². The van der Waals surface area contributed by atoms with Gasteiger partial charge in [-0.2, -0.15) is 0 Å². The van der Waals surface area contributed by atoms with Gasteiger partial charge in [-0.25, -0.2) is 4.79 Å². The maximum Gasteiger partial charge on any atom is 0.328 e.